The van der Waals surface area contributed by atoms with Gasteiger partial charge in [-0.1, -0.05) is 33.3 Å². The van der Waals surface area contributed by atoms with Crippen molar-refractivity contribution in [1.82, 2.24) is 4.57 Å². The second-order valence-corrected chi connectivity index (χ2v) is 7.45. The Bertz CT molecular complexity index is 996. The summed E-state index contributed by atoms with van der Waals surface area (Å²) in [5, 5.41) is 10.2. The maximum absolute atomic E-state index is 12.0. The van der Waals surface area contributed by atoms with Crippen LogP contribution in [0.1, 0.15) is 61.3 Å². The van der Waals surface area contributed by atoms with Gasteiger partial charge in [0, 0.05) is 35.4 Å². The average molecular weight is 406 g/mol. The molecule has 1 aromatic heterocycles. The summed E-state index contributed by atoms with van der Waals surface area (Å²) in [6.07, 6.45) is 7.60. The molecule has 1 unspecified atom stereocenters. The van der Waals surface area contributed by atoms with Crippen LogP contribution in [0.5, 0.6) is 5.75 Å². The van der Waals surface area contributed by atoms with E-state index in [-0.39, 0.29) is 11.9 Å². The van der Waals surface area contributed by atoms with Gasteiger partial charge in [-0.05, 0) is 66.8 Å². The van der Waals surface area contributed by atoms with Crippen molar-refractivity contribution in [2.45, 2.75) is 52.6 Å². The molecular weight excluding hydrogens is 374 g/mol. The number of benzene rings is 2. The highest BCUT2D eigenvalue weighted by molar-refractivity contribution is 5.95. The van der Waals surface area contributed by atoms with Crippen molar-refractivity contribution in [3.63, 3.8) is 0 Å². The summed E-state index contributed by atoms with van der Waals surface area (Å²) < 4.78 is 2.20. The van der Waals surface area contributed by atoms with Gasteiger partial charge in [-0.15, -0.1) is 0 Å². The molecule has 0 saturated carbocycles. The van der Waals surface area contributed by atoms with E-state index >= 15 is 0 Å². The highest BCUT2D eigenvalue weighted by atomic mass is 16.3. The summed E-state index contributed by atoms with van der Waals surface area (Å²) in [7, 11) is 0. The number of amides is 1. The molecule has 1 heterocycles. The minimum Gasteiger partial charge on any atom is -0.508 e. The molecule has 0 bridgehead atoms. The Morgan fingerprint density at radius 3 is 2.30 bits per heavy atom. The van der Waals surface area contributed by atoms with E-state index in [9.17, 15) is 9.90 Å². The van der Waals surface area contributed by atoms with Crippen molar-refractivity contribution < 1.29 is 9.90 Å². The number of primary amides is 1. The number of aromatic hydroxyl groups is 1. The van der Waals surface area contributed by atoms with Crippen LogP contribution < -0.4 is 10.6 Å². The van der Waals surface area contributed by atoms with Gasteiger partial charge in [0.2, 0.25) is 5.91 Å². The zero-order valence-electron chi connectivity index (χ0n) is 18.0. The van der Waals surface area contributed by atoms with Gasteiger partial charge in [0.05, 0.1) is 0 Å². The summed E-state index contributed by atoms with van der Waals surface area (Å²) in [5.74, 6) is -0.171. The van der Waals surface area contributed by atoms with Crippen molar-refractivity contribution >= 4 is 17.3 Å². The van der Waals surface area contributed by atoms with E-state index in [4.69, 9.17) is 5.73 Å². The maximum atomic E-state index is 12.0. The van der Waals surface area contributed by atoms with Crippen molar-refractivity contribution in [2.24, 2.45) is 5.73 Å². The van der Waals surface area contributed by atoms with E-state index in [1.807, 2.05) is 36.4 Å². The number of phenolic OH excluding ortho intramolecular Hbond substituents is 1. The third-order valence-electron chi connectivity index (χ3n) is 5.56. The first-order valence-corrected chi connectivity index (χ1v) is 10.7. The minimum absolute atomic E-state index is 0.0289. The molecular formula is C25H31N3O2. The lowest BCUT2D eigenvalue weighted by atomic mass is 9.93. The first kappa shape index (κ1) is 21.5. The highest BCUT2D eigenvalue weighted by Crippen LogP contribution is 2.40. The summed E-state index contributed by atoms with van der Waals surface area (Å²) >= 11 is 0. The zero-order valence-corrected chi connectivity index (χ0v) is 18.0. The first-order valence-electron chi connectivity index (χ1n) is 10.7. The number of carbonyl (C=O) groups excluding carboxylic acids is 1. The smallest absolute Gasteiger partial charge is 0.248 e. The first-order chi connectivity index (χ1) is 14.5. The van der Waals surface area contributed by atoms with Crippen molar-refractivity contribution in [2.75, 3.05) is 4.90 Å². The van der Waals surface area contributed by atoms with Crippen LogP contribution in [-0.4, -0.2) is 15.6 Å². The summed E-state index contributed by atoms with van der Waals surface area (Å²) in [5.41, 5.74) is 10.3. The molecule has 30 heavy (non-hydrogen) atoms. The molecule has 3 aromatic rings. The third kappa shape index (κ3) is 4.20. The van der Waals surface area contributed by atoms with Gasteiger partial charge < -0.3 is 20.3 Å². The van der Waals surface area contributed by atoms with Crippen molar-refractivity contribution in [3.8, 4) is 5.75 Å². The largest absolute Gasteiger partial charge is 0.508 e. The number of aromatic nitrogens is 1. The van der Waals surface area contributed by atoms with Crippen LogP contribution >= 0.6 is 0 Å². The Hall–Kier alpha value is -3.21. The van der Waals surface area contributed by atoms with Gasteiger partial charge in [-0.25, -0.2) is 0 Å². The molecule has 3 rings (SSSR count). The zero-order chi connectivity index (χ0) is 21.7. The Labute approximate surface area is 178 Å². The summed E-state index contributed by atoms with van der Waals surface area (Å²) in [6, 6.07) is 15.2. The molecule has 0 saturated heterocycles. The predicted octanol–water partition coefficient (Wildman–Crippen LogP) is 5.55. The van der Waals surface area contributed by atoms with Crippen LogP contribution in [0, 0.1) is 0 Å². The van der Waals surface area contributed by atoms with Gasteiger partial charge in [0.15, 0.2) is 0 Å². The Morgan fingerprint density at radius 2 is 1.73 bits per heavy atom. The molecule has 2 aromatic carbocycles. The molecule has 3 N–H and O–H groups in total. The van der Waals surface area contributed by atoms with E-state index in [1.54, 1.807) is 12.1 Å². The monoisotopic (exact) mass is 405 g/mol. The van der Waals surface area contributed by atoms with Crippen LogP contribution in [0.4, 0.5) is 11.4 Å². The fourth-order valence-corrected chi connectivity index (χ4v) is 4.27. The quantitative estimate of drug-likeness (QED) is 0.490. The third-order valence-corrected chi connectivity index (χ3v) is 5.56. The van der Waals surface area contributed by atoms with E-state index in [2.05, 4.69) is 42.6 Å². The van der Waals surface area contributed by atoms with Gasteiger partial charge >= 0.3 is 0 Å². The SMILES string of the molecule is CCCC(N(c1cccc(O)c1)c1ccc(C(N)=O)c(CC)c1CC)n1cccc1. The molecule has 0 radical (unpaired) electrons. The minimum atomic E-state index is -0.396. The average Bonchev–Trinajstić information content (AvgIpc) is 3.27. The van der Waals surface area contributed by atoms with E-state index in [0.29, 0.717) is 5.56 Å². The molecule has 1 atom stereocenters. The van der Waals surface area contributed by atoms with Gasteiger partial charge in [-0.2, -0.15) is 0 Å². The van der Waals surface area contributed by atoms with Crippen LogP contribution in [0.3, 0.4) is 0 Å². The van der Waals surface area contributed by atoms with Gasteiger partial charge in [0.1, 0.15) is 11.9 Å². The molecule has 158 valence electrons. The lowest BCUT2D eigenvalue weighted by Gasteiger charge is -2.37. The van der Waals surface area contributed by atoms with Gasteiger partial charge in [-0.3, -0.25) is 4.79 Å². The van der Waals surface area contributed by atoms with Gasteiger partial charge in [0.25, 0.3) is 0 Å². The number of phenols is 1. The Kier molecular flexibility index (Phi) is 6.83. The fourth-order valence-electron chi connectivity index (χ4n) is 4.27. The molecule has 1 amide bonds. The van der Waals surface area contributed by atoms with Crippen LogP contribution in [0.2, 0.25) is 0 Å². The molecule has 0 spiro atoms. The Balaban J connectivity index is 2.29. The molecule has 0 aliphatic rings. The van der Waals surface area contributed by atoms with E-state index in [1.165, 1.54) is 0 Å². The molecule has 5 nitrogen and oxygen atoms in total. The number of anilines is 2. The molecule has 5 heteroatoms. The van der Waals surface area contributed by atoms with E-state index < -0.39 is 5.91 Å². The topological polar surface area (TPSA) is 71.5 Å². The lowest BCUT2D eigenvalue weighted by Crippen LogP contribution is -2.29. The molecule has 0 aliphatic heterocycles. The second-order valence-electron chi connectivity index (χ2n) is 7.45. The maximum Gasteiger partial charge on any atom is 0.248 e. The van der Waals surface area contributed by atoms with E-state index in [0.717, 1.165) is 48.2 Å². The number of hydrogen-bond acceptors (Lipinski definition) is 3. The molecule has 0 fully saturated rings. The standard InChI is InChI=1S/C25H31N3O2/c1-4-10-24(27-15-7-8-16-27)28(18-11-9-12-19(29)17-18)23-14-13-22(25(26)30)20(5-2)21(23)6-3/h7-9,11-17,24,29H,4-6,10H2,1-3H3,(H2,26,30). The number of nitrogens with zero attached hydrogens (tertiary/aromatic N) is 2. The van der Waals surface area contributed by atoms with Crippen LogP contribution in [0.15, 0.2) is 60.9 Å². The summed E-state index contributed by atoms with van der Waals surface area (Å²) in [4.78, 5) is 14.3. The number of rotatable bonds is 9. The molecule has 0 aliphatic carbocycles. The Morgan fingerprint density at radius 1 is 1.03 bits per heavy atom. The van der Waals surface area contributed by atoms with Crippen LogP contribution in [0.25, 0.3) is 0 Å². The number of nitrogens with two attached hydrogens (primary N) is 1. The predicted molar refractivity (Wildman–Crippen MR) is 122 cm³/mol. The highest BCUT2D eigenvalue weighted by Gasteiger charge is 2.26. The van der Waals surface area contributed by atoms with Crippen molar-refractivity contribution in [3.05, 3.63) is 77.6 Å². The number of hydrogen-bond donors (Lipinski definition) is 2. The number of carbonyl (C=O) groups is 1. The van der Waals surface area contributed by atoms with Crippen molar-refractivity contribution in [1.29, 1.82) is 0 Å². The fraction of sp³-hybridized carbons (Fsp3) is 0.320. The second kappa shape index (κ2) is 9.53. The normalized spacial score (nSPS) is 12.0. The lowest BCUT2D eigenvalue weighted by molar-refractivity contribution is 0.0999. The summed E-state index contributed by atoms with van der Waals surface area (Å²) in [6.45, 7) is 6.33. The van der Waals surface area contributed by atoms with Crippen LogP contribution in [-0.2, 0) is 12.8 Å².